The van der Waals surface area contributed by atoms with Crippen molar-refractivity contribution in [1.82, 2.24) is 9.62 Å². The lowest BCUT2D eigenvalue weighted by molar-refractivity contribution is -0.123. The molecule has 0 aromatic heterocycles. The summed E-state index contributed by atoms with van der Waals surface area (Å²) in [5.74, 6) is 0.0950. The predicted octanol–water partition coefficient (Wildman–Crippen LogP) is 2.46. The summed E-state index contributed by atoms with van der Waals surface area (Å²) in [6.45, 7) is 7.29. The summed E-state index contributed by atoms with van der Waals surface area (Å²) in [7, 11) is -3.64. The zero-order valence-corrected chi connectivity index (χ0v) is 18.8. The number of piperidine rings is 1. The summed E-state index contributed by atoms with van der Waals surface area (Å²) in [6.07, 6.45) is 1.99. The fraction of sp³-hybridized carbons (Fsp3) is 0.600. The lowest BCUT2D eigenvalue weighted by Crippen LogP contribution is -2.41. The summed E-state index contributed by atoms with van der Waals surface area (Å²) >= 11 is 1.53. The zero-order valence-electron chi connectivity index (χ0n) is 17.2. The molecule has 1 fully saturated rings. The monoisotopic (exact) mass is 439 g/mol. The van der Waals surface area contributed by atoms with E-state index in [1.54, 1.807) is 18.2 Å². The molecule has 1 aromatic rings. The van der Waals surface area contributed by atoms with Crippen molar-refractivity contribution in [2.75, 3.05) is 31.1 Å². The van der Waals surface area contributed by atoms with E-state index >= 15 is 0 Å². The van der Waals surface area contributed by atoms with Crippen LogP contribution in [0.5, 0.6) is 0 Å². The van der Waals surface area contributed by atoms with Crippen molar-refractivity contribution in [3.05, 3.63) is 18.2 Å². The molecule has 2 amide bonds. The molecule has 160 valence electrons. The molecule has 1 aromatic carbocycles. The number of nitrogens with zero attached hydrogens (tertiary/aromatic N) is 2. The number of carbonyl (C=O) groups excluding carboxylic acids is 2. The van der Waals surface area contributed by atoms with Crippen LogP contribution in [0.2, 0.25) is 0 Å². The van der Waals surface area contributed by atoms with Gasteiger partial charge in [0, 0.05) is 36.2 Å². The number of fused-ring (bicyclic) bond motifs is 1. The first-order valence-electron chi connectivity index (χ1n) is 10.1. The number of hydrogen-bond donors (Lipinski definition) is 1. The Hall–Kier alpha value is -1.58. The van der Waals surface area contributed by atoms with E-state index in [1.165, 1.54) is 21.0 Å². The largest absolute Gasteiger partial charge is 0.355 e. The van der Waals surface area contributed by atoms with Crippen LogP contribution in [-0.2, 0) is 19.6 Å². The van der Waals surface area contributed by atoms with Crippen molar-refractivity contribution in [3.63, 3.8) is 0 Å². The maximum atomic E-state index is 13.2. The second kappa shape index (κ2) is 9.06. The molecule has 1 N–H and O–H groups in total. The van der Waals surface area contributed by atoms with Gasteiger partial charge in [-0.05, 0) is 43.9 Å². The predicted molar refractivity (Wildman–Crippen MR) is 115 cm³/mol. The van der Waals surface area contributed by atoms with Crippen LogP contribution in [0.3, 0.4) is 0 Å². The highest BCUT2D eigenvalue weighted by Crippen LogP contribution is 2.39. The number of nitrogens with one attached hydrogen (secondary N) is 1. The second-order valence-corrected chi connectivity index (χ2v) is 11.2. The number of benzene rings is 1. The molecule has 1 saturated heterocycles. The molecule has 1 atom stereocenters. The van der Waals surface area contributed by atoms with Gasteiger partial charge in [-0.15, -0.1) is 11.8 Å². The van der Waals surface area contributed by atoms with Gasteiger partial charge in [0.15, 0.2) is 0 Å². The van der Waals surface area contributed by atoms with Crippen LogP contribution in [0.4, 0.5) is 5.69 Å². The van der Waals surface area contributed by atoms with Gasteiger partial charge in [0.2, 0.25) is 21.8 Å². The zero-order chi connectivity index (χ0) is 21.2. The first-order valence-corrected chi connectivity index (χ1v) is 12.4. The lowest BCUT2D eigenvalue weighted by atomic mass is 10.0. The van der Waals surface area contributed by atoms with Crippen LogP contribution in [-0.4, -0.2) is 56.0 Å². The first kappa shape index (κ1) is 22.1. The number of rotatable bonds is 5. The van der Waals surface area contributed by atoms with E-state index < -0.39 is 10.0 Å². The highest BCUT2D eigenvalue weighted by molar-refractivity contribution is 8.00. The van der Waals surface area contributed by atoms with Gasteiger partial charge < -0.3 is 10.2 Å². The van der Waals surface area contributed by atoms with Gasteiger partial charge in [0.1, 0.15) is 6.54 Å². The van der Waals surface area contributed by atoms with Crippen molar-refractivity contribution in [3.8, 4) is 0 Å². The molecule has 7 nitrogen and oxygen atoms in total. The molecule has 29 heavy (non-hydrogen) atoms. The third-order valence-electron chi connectivity index (χ3n) is 5.37. The Balaban J connectivity index is 1.97. The van der Waals surface area contributed by atoms with Crippen LogP contribution in [0.15, 0.2) is 28.0 Å². The summed E-state index contributed by atoms with van der Waals surface area (Å²) < 4.78 is 27.9. The molecule has 0 bridgehead atoms. The number of sulfonamides is 1. The van der Waals surface area contributed by atoms with Gasteiger partial charge in [0.25, 0.3) is 0 Å². The molecule has 3 rings (SSSR count). The minimum Gasteiger partial charge on any atom is -0.355 e. The van der Waals surface area contributed by atoms with E-state index in [4.69, 9.17) is 0 Å². The topological polar surface area (TPSA) is 86.8 Å². The summed E-state index contributed by atoms with van der Waals surface area (Å²) in [4.78, 5) is 27.4. The van der Waals surface area contributed by atoms with Crippen LogP contribution in [0, 0.1) is 5.92 Å². The number of hydrogen-bond acceptors (Lipinski definition) is 5. The van der Waals surface area contributed by atoms with Crippen molar-refractivity contribution < 1.29 is 18.0 Å². The Morgan fingerprint density at radius 2 is 1.93 bits per heavy atom. The van der Waals surface area contributed by atoms with Crippen LogP contribution >= 0.6 is 11.8 Å². The molecule has 9 heteroatoms. The fourth-order valence-electron chi connectivity index (χ4n) is 3.66. The molecule has 0 unspecified atom stereocenters. The van der Waals surface area contributed by atoms with E-state index in [0.717, 1.165) is 17.7 Å². The third-order valence-corrected chi connectivity index (χ3v) is 8.43. The number of carbonyl (C=O) groups is 2. The third kappa shape index (κ3) is 4.95. The Morgan fingerprint density at radius 1 is 1.24 bits per heavy atom. The quantitative estimate of drug-likeness (QED) is 0.762. The maximum absolute atomic E-state index is 13.2. The van der Waals surface area contributed by atoms with Crippen LogP contribution < -0.4 is 10.2 Å². The van der Waals surface area contributed by atoms with Crippen LogP contribution in [0.25, 0.3) is 0 Å². The highest BCUT2D eigenvalue weighted by atomic mass is 32.2. The van der Waals surface area contributed by atoms with Crippen molar-refractivity contribution in [2.24, 2.45) is 5.92 Å². The number of anilines is 1. The van der Waals surface area contributed by atoms with Gasteiger partial charge >= 0.3 is 0 Å². The molecule has 0 saturated carbocycles. The maximum Gasteiger partial charge on any atom is 0.243 e. The van der Waals surface area contributed by atoms with Crippen LogP contribution in [0.1, 0.15) is 40.0 Å². The normalized spacial score (nSPS) is 21.6. The standard InChI is InChI=1S/C20H29N3O4S2/c1-4-21-19(24)13-23-17-12-16(5-6-18(17)28-15(3)11-20(23)25)29(26,27)22-9-7-14(2)8-10-22/h5-6,12,14-15H,4,7-11,13H2,1-3H3,(H,21,24)/t15-/m1/s1. The summed E-state index contributed by atoms with van der Waals surface area (Å²) in [6, 6.07) is 4.94. The molecule has 0 radical (unpaired) electrons. The minimum absolute atomic E-state index is 0.0477. The second-order valence-electron chi connectivity index (χ2n) is 7.78. The van der Waals surface area contributed by atoms with Gasteiger partial charge in [-0.25, -0.2) is 8.42 Å². The first-order chi connectivity index (χ1) is 13.7. The fourth-order valence-corrected chi connectivity index (χ4v) is 6.25. The van der Waals surface area contributed by atoms with Crippen molar-refractivity contribution >= 4 is 39.3 Å². The number of thioether (sulfide) groups is 1. The molecule has 0 aliphatic carbocycles. The summed E-state index contributed by atoms with van der Waals surface area (Å²) in [5.41, 5.74) is 0.502. The molecule has 2 heterocycles. The average Bonchev–Trinajstić information content (AvgIpc) is 2.77. The Kier molecular flexibility index (Phi) is 6.90. The Bertz CT molecular complexity index is 880. The molecule has 2 aliphatic rings. The Morgan fingerprint density at radius 3 is 2.59 bits per heavy atom. The summed E-state index contributed by atoms with van der Waals surface area (Å²) in [5, 5.41) is 2.76. The molecular formula is C20H29N3O4S2. The SMILES string of the molecule is CCNC(=O)CN1C(=O)C[C@@H](C)Sc2ccc(S(=O)(=O)N3CCC(C)CC3)cc21. The van der Waals surface area contributed by atoms with Gasteiger partial charge in [-0.1, -0.05) is 13.8 Å². The van der Waals surface area contributed by atoms with E-state index in [9.17, 15) is 18.0 Å². The molecule has 0 spiro atoms. The molecule has 2 aliphatic heterocycles. The van der Waals surface area contributed by atoms with Crippen molar-refractivity contribution in [2.45, 2.75) is 55.1 Å². The number of likely N-dealkylation sites (N-methyl/N-ethyl adjacent to an activating group) is 1. The average molecular weight is 440 g/mol. The van der Waals surface area contributed by atoms with Gasteiger partial charge in [-0.3, -0.25) is 9.59 Å². The Labute approximate surface area is 177 Å². The van der Waals surface area contributed by atoms with E-state index in [-0.39, 0.29) is 28.5 Å². The van der Waals surface area contributed by atoms with E-state index in [1.807, 2.05) is 13.8 Å². The van der Waals surface area contributed by atoms with Gasteiger partial charge in [-0.2, -0.15) is 4.31 Å². The van der Waals surface area contributed by atoms with Crippen molar-refractivity contribution in [1.29, 1.82) is 0 Å². The highest BCUT2D eigenvalue weighted by Gasteiger charge is 2.32. The number of amides is 2. The lowest BCUT2D eigenvalue weighted by Gasteiger charge is -2.30. The minimum atomic E-state index is -3.64. The van der Waals surface area contributed by atoms with E-state index in [0.29, 0.717) is 37.7 Å². The molecular weight excluding hydrogens is 410 g/mol. The van der Waals surface area contributed by atoms with E-state index in [2.05, 4.69) is 12.2 Å². The smallest absolute Gasteiger partial charge is 0.243 e. The van der Waals surface area contributed by atoms with Gasteiger partial charge in [0.05, 0.1) is 10.6 Å².